The van der Waals surface area contributed by atoms with Gasteiger partial charge in [0.1, 0.15) is 5.69 Å². The Morgan fingerprint density at radius 3 is 2.44 bits per heavy atom. The molecule has 0 saturated carbocycles. The number of nitrogens with zero attached hydrogens (tertiary/aromatic N) is 3. The van der Waals surface area contributed by atoms with Gasteiger partial charge in [-0.3, -0.25) is 9.59 Å². The van der Waals surface area contributed by atoms with Crippen molar-refractivity contribution in [3.8, 4) is 0 Å². The maximum atomic E-state index is 12.9. The zero-order valence-corrected chi connectivity index (χ0v) is 18.1. The number of aliphatic hydroxyl groups excluding tert-OH is 1. The molecule has 1 aromatic carbocycles. The van der Waals surface area contributed by atoms with E-state index in [-0.39, 0.29) is 19.4 Å². The molecule has 0 unspecified atom stereocenters. The summed E-state index contributed by atoms with van der Waals surface area (Å²) in [6.45, 7) is 2.63. The maximum Gasteiger partial charge on any atom is 0.275 e. The molecule has 0 radical (unpaired) electrons. The summed E-state index contributed by atoms with van der Waals surface area (Å²) in [4.78, 5) is 33.2. The lowest BCUT2D eigenvalue weighted by Crippen LogP contribution is -2.58. The van der Waals surface area contributed by atoms with E-state index in [1.54, 1.807) is 5.38 Å². The predicted octanol–water partition coefficient (Wildman–Crippen LogP) is 1.78. The Morgan fingerprint density at radius 2 is 1.78 bits per heavy atom. The van der Waals surface area contributed by atoms with E-state index in [0.29, 0.717) is 50.2 Å². The highest BCUT2D eigenvalue weighted by molar-refractivity contribution is 7.14. The van der Waals surface area contributed by atoms with Gasteiger partial charge in [-0.2, -0.15) is 0 Å². The molecule has 2 aliphatic heterocycles. The van der Waals surface area contributed by atoms with Crippen molar-refractivity contribution < 1.29 is 14.7 Å². The number of hydrogen-bond acceptors (Lipinski definition) is 8. The van der Waals surface area contributed by atoms with Gasteiger partial charge < -0.3 is 31.7 Å². The lowest BCUT2D eigenvalue weighted by molar-refractivity contribution is -0.123. The second-order valence-corrected chi connectivity index (χ2v) is 9.05. The molecule has 2 amide bonds. The van der Waals surface area contributed by atoms with Crippen LogP contribution in [0.1, 0.15) is 43.6 Å². The van der Waals surface area contributed by atoms with Gasteiger partial charge in [-0.25, -0.2) is 4.98 Å². The molecule has 9 nitrogen and oxygen atoms in total. The van der Waals surface area contributed by atoms with Crippen LogP contribution in [0.15, 0.2) is 29.6 Å². The molecule has 2 aromatic rings. The zero-order chi connectivity index (χ0) is 22.0. The molecule has 3 heterocycles. The summed E-state index contributed by atoms with van der Waals surface area (Å²) in [6, 6.07) is 7.57. The number of para-hydroxylation sites is 2. The van der Waals surface area contributed by atoms with E-state index in [9.17, 15) is 14.7 Å². The fraction of sp³-hybridized carbons (Fsp3) is 0.500. The van der Waals surface area contributed by atoms with Gasteiger partial charge >= 0.3 is 0 Å². The van der Waals surface area contributed by atoms with Crippen molar-refractivity contribution in [1.82, 2.24) is 4.98 Å². The van der Waals surface area contributed by atoms with E-state index in [1.807, 2.05) is 24.3 Å². The Bertz CT molecular complexity index is 949. The minimum Gasteiger partial charge on any atom is -0.393 e. The van der Waals surface area contributed by atoms with E-state index in [1.165, 1.54) is 11.3 Å². The van der Waals surface area contributed by atoms with Gasteiger partial charge in [0, 0.05) is 31.6 Å². The van der Waals surface area contributed by atoms with Gasteiger partial charge in [-0.15, -0.1) is 11.3 Å². The molecular formula is C22H32N6O3S. The molecule has 6 N–H and O–H groups in total. The lowest BCUT2D eigenvalue weighted by Gasteiger charge is -2.38. The number of carbonyl (C=O) groups excluding carboxylic acids is 2. The van der Waals surface area contributed by atoms with Crippen LogP contribution in [0.2, 0.25) is 0 Å². The number of carbonyl (C=O) groups is 2. The number of aromatic nitrogens is 1. The Morgan fingerprint density at radius 1 is 1.12 bits per heavy atom. The topological polar surface area (TPSA) is 138 Å². The number of thiazole rings is 1. The zero-order valence-electron chi connectivity index (χ0n) is 17.3. The predicted molar refractivity (Wildman–Crippen MR) is 128 cm³/mol. The van der Waals surface area contributed by atoms with Crippen molar-refractivity contribution in [2.45, 2.75) is 44.8 Å². The molecule has 2 fully saturated rings. The lowest BCUT2D eigenvalue weighted by atomic mass is 9.87. The van der Waals surface area contributed by atoms with E-state index in [0.717, 1.165) is 23.9 Å². The Hall–Kier alpha value is -2.69. The summed E-state index contributed by atoms with van der Waals surface area (Å²) in [5.41, 5.74) is 12.5. The minimum absolute atomic E-state index is 0. The first kappa shape index (κ1) is 24.0. The molecule has 32 heavy (non-hydrogen) atoms. The molecule has 2 aliphatic rings. The van der Waals surface area contributed by atoms with Crippen LogP contribution in [0.5, 0.6) is 0 Å². The Kier molecular flexibility index (Phi) is 7.37. The van der Waals surface area contributed by atoms with Gasteiger partial charge in [-0.05, 0) is 37.8 Å². The van der Waals surface area contributed by atoms with Crippen LogP contribution in [0.3, 0.4) is 0 Å². The normalized spacial score (nSPS) is 18.7. The van der Waals surface area contributed by atoms with Crippen LogP contribution in [0.25, 0.3) is 0 Å². The first-order valence-corrected chi connectivity index (χ1v) is 11.4. The van der Waals surface area contributed by atoms with E-state index >= 15 is 0 Å². The Labute approximate surface area is 192 Å². The van der Waals surface area contributed by atoms with Crippen LogP contribution in [-0.2, 0) is 4.79 Å². The number of hydrogen-bond donors (Lipinski definition) is 4. The highest BCUT2D eigenvalue weighted by atomic mass is 32.1. The van der Waals surface area contributed by atoms with Gasteiger partial charge in [0.05, 0.1) is 23.0 Å². The number of piperidine rings is 2. The molecule has 1 aromatic heterocycles. The van der Waals surface area contributed by atoms with Crippen LogP contribution in [-0.4, -0.2) is 59.7 Å². The van der Waals surface area contributed by atoms with Gasteiger partial charge in [0.15, 0.2) is 5.13 Å². The highest BCUT2D eigenvalue weighted by Crippen LogP contribution is 2.31. The third kappa shape index (κ3) is 5.03. The third-order valence-electron chi connectivity index (χ3n) is 6.10. The van der Waals surface area contributed by atoms with E-state index in [4.69, 9.17) is 11.5 Å². The third-order valence-corrected chi connectivity index (χ3v) is 7.00. The number of rotatable bonds is 5. The second-order valence-electron chi connectivity index (χ2n) is 8.21. The van der Waals surface area contributed by atoms with E-state index < -0.39 is 11.4 Å². The molecule has 0 atom stereocenters. The van der Waals surface area contributed by atoms with Crippen molar-refractivity contribution >= 4 is 39.7 Å². The molecule has 174 valence electrons. The van der Waals surface area contributed by atoms with Gasteiger partial charge in [0.2, 0.25) is 5.91 Å². The van der Waals surface area contributed by atoms with Crippen molar-refractivity contribution in [2.75, 3.05) is 41.3 Å². The highest BCUT2D eigenvalue weighted by Gasteiger charge is 2.36. The summed E-state index contributed by atoms with van der Waals surface area (Å²) in [5.74, 6) is -0.745. The molecule has 10 heteroatoms. The number of amides is 2. The van der Waals surface area contributed by atoms with Gasteiger partial charge in [0.25, 0.3) is 5.91 Å². The summed E-state index contributed by atoms with van der Waals surface area (Å²) in [5, 5.41) is 15.2. The SMILES string of the molecule is C.NC(=O)C1(N)CCN(c2ccccc2NC(=O)c2csc(N3CCC(O)CC3)n2)CC1. The van der Waals surface area contributed by atoms with Gasteiger partial charge in [-0.1, -0.05) is 19.6 Å². The molecule has 0 aliphatic carbocycles. The number of benzene rings is 1. The standard InChI is InChI=1S/C21H28N6O3S.CH4/c22-19(30)21(23)7-11-26(12-8-21)17-4-2-1-3-15(17)24-18(29)16-13-31-20(25-16)27-9-5-14(28)6-10-27;/h1-4,13-14,28H,5-12,23H2,(H2,22,30)(H,24,29);1H4. The number of nitrogens with one attached hydrogen (secondary N) is 1. The fourth-order valence-electron chi connectivity index (χ4n) is 4.01. The van der Waals surface area contributed by atoms with Crippen molar-refractivity contribution in [3.63, 3.8) is 0 Å². The first-order valence-electron chi connectivity index (χ1n) is 10.5. The van der Waals surface area contributed by atoms with E-state index in [2.05, 4.69) is 20.1 Å². The fourth-order valence-corrected chi connectivity index (χ4v) is 4.86. The second kappa shape index (κ2) is 9.85. The van der Waals surface area contributed by atoms with Crippen LogP contribution >= 0.6 is 11.3 Å². The van der Waals surface area contributed by atoms with Crippen molar-refractivity contribution in [1.29, 1.82) is 0 Å². The molecular weight excluding hydrogens is 428 g/mol. The van der Waals surface area contributed by atoms with Crippen LogP contribution in [0.4, 0.5) is 16.5 Å². The number of nitrogens with two attached hydrogens (primary N) is 2. The van der Waals surface area contributed by atoms with Crippen molar-refractivity contribution in [2.24, 2.45) is 11.5 Å². The Balaban J connectivity index is 0.00000289. The summed E-state index contributed by atoms with van der Waals surface area (Å²) in [6.07, 6.45) is 2.10. The maximum absolute atomic E-state index is 12.9. The quantitative estimate of drug-likeness (QED) is 0.533. The average Bonchev–Trinajstić information content (AvgIpc) is 3.26. The minimum atomic E-state index is -0.976. The number of primary amides is 1. The first-order chi connectivity index (χ1) is 14.9. The van der Waals surface area contributed by atoms with Crippen molar-refractivity contribution in [3.05, 3.63) is 35.3 Å². The molecule has 0 bridgehead atoms. The molecule has 4 rings (SSSR count). The number of anilines is 3. The molecule has 2 saturated heterocycles. The monoisotopic (exact) mass is 460 g/mol. The summed E-state index contributed by atoms with van der Waals surface area (Å²) < 4.78 is 0. The summed E-state index contributed by atoms with van der Waals surface area (Å²) >= 11 is 1.44. The smallest absolute Gasteiger partial charge is 0.275 e. The molecule has 0 spiro atoms. The van der Waals surface area contributed by atoms with Crippen LogP contribution in [0, 0.1) is 0 Å². The number of aliphatic hydroxyl groups is 1. The largest absolute Gasteiger partial charge is 0.393 e. The van der Waals surface area contributed by atoms with Crippen LogP contribution < -0.4 is 26.6 Å². The summed E-state index contributed by atoms with van der Waals surface area (Å²) in [7, 11) is 0. The average molecular weight is 461 g/mol.